The normalized spacial score (nSPS) is 10.6. The number of rotatable bonds is 7. The van der Waals surface area contributed by atoms with Crippen molar-refractivity contribution in [1.29, 1.82) is 5.26 Å². The topological polar surface area (TPSA) is 74.0 Å². The summed E-state index contributed by atoms with van der Waals surface area (Å²) in [5.41, 5.74) is 3.73. The molecular weight excluding hydrogens is 432 g/mol. The molecule has 0 atom stereocenters. The van der Waals surface area contributed by atoms with Gasteiger partial charge in [0.2, 0.25) is 0 Å². The molecule has 0 amide bonds. The molecule has 3 heterocycles. The molecule has 4 aromatic rings. The van der Waals surface area contributed by atoms with Crippen molar-refractivity contribution >= 4 is 40.4 Å². The molecule has 0 aliphatic carbocycles. The summed E-state index contributed by atoms with van der Waals surface area (Å²) in [4.78, 5) is 17.9. The lowest BCUT2D eigenvalue weighted by Crippen LogP contribution is -1.98. The molecule has 0 aliphatic heterocycles. The summed E-state index contributed by atoms with van der Waals surface area (Å²) in [6, 6.07) is 19.3. The van der Waals surface area contributed by atoms with Gasteiger partial charge in [0.15, 0.2) is 0 Å². The van der Waals surface area contributed by atoms with Crippen molar-refractivity contribution in [1.82, 2.24) is 4.98 Å². The van der Waals surface area contributed by atoms with Gasteiger partial charge in [0.25, 0.3) is 0 Å². The lowest BCUT2D eigenvalue weighted by molar-refractivity contribution is 0.0697. The summed E-state index contributed by atoms with van der Waals surface area (Å²) in [6.07, 6.45) is 0.759. The summed E-state index contributed by atoms with van der Waals surface area (Å²) < 4.78 is 0. The number of nitriles is 1. The van der Waals surface area contributed by atoms with Gasteiger partial charge in [-0.2, -0.15) is 5.26 Å². The van der Waals surface area contributed by atoms with Crippen LogP contribution in [0.1, 0.15) is 21.5 Å². The van der Waals surface area contributed by atoms with Gasteiger partial charge in [-0.3, -0.25) is 0 Å². The molecule has 148 valence electrons. The molecule has 0 aliphatic rings. The number of thioether (sulfide) groups is 1. The number of aryl methyl sites for hydroxylation is 1. The average Bonchev–Trinajstić information content (AvgIpc) is 3.48. The second kappa shape index (κ2) is 9.26. The Labute approximate surface area is 186 Å². The van der Waals surface area contributed by atoms with Crippen LogP contribution in [0.3, 0.4) is 0 Å². The first-order chi connectivity index (χ1) is 14.7. The zero-order valence-corrected chi connectivity index (χ0v) is 18.2. The zero-order chi connectivity index (χ0) is 20.9. The van der Waals surface area contributed by atoms with E-state index in [0.29, 0.717) is 5.56 Å². The smallest absolute Gasteiger partial charge is 0.335 e. The van der Waals surface area contributed by atoms with E-state index in [0.717, 1.165) is 43.8 Å². The highest BCUT2D eigenvalue weighted by molar-refractivity contribution is 7.99. The van der Waals surface area contributed by atoms with E-state index < -0.39 is 5.97 Å². The number of thiophene rings is 2. The number of carbonyl (C=O) groups is 1. The fraction of sp³-hybridized carbons (Fsp3) is 0.0870. The monoisotopic (exact) mass is 448 g/mol. The largest absolute Gasteiger partial charge is 0.478 e. The van der Waals surface area contributed by atoms with Crippen LogP contribution >= 0.6 is 34.4 Å². The molecule has 3 aromatic heterocycles. The van der Waals surface area contributed by atoms with Crippen molar-refractivity contribution in [2.75, 3.05) is 5.75 Å². The lowest BCUT2D eigenvalue weighted by atomic mass is 10.1. The molecule has 4 rings (SSSR count). The molecule has 1 aromatic carbocycles. The fourth-order valence-corrected chi connectivity index (χ4v) is 5.42. The maximum atomic E-state index is 11.0. The molecule has 1 N–H and O–H groups in total. The Morgan fingerprint density at radius 2 is 1.77 bits per heavy atom. The minimum atomic E-state index is -0.926. The quantitative estimate of drug-likeness (QED) is 0.329. The molecule has 7 heteroatoms. The number of hydrogen-bond acceptors (Lipinski definition) is 6. The highest BCUT2D eigenvalue weighted by Gasteiger charge is 2.17. The van der Waals surface area contributed by atoms with Gasteiger partial charge < -0.3 is 5.11 Å². The van der Waals surface area contributed by atoms with E-state index in [2.05, 4.69) is 6.07 Å². The maximum absolute atomic E-state index is 11.0. The third kappa shape index (κ3) is 4.46. The summed E-state index contributed by atoms with van der Waals surface area (Å²) in [5, 5.41) is 23.7. The van der Waals surface area contributed by atoms with Crippen LogP contribution in [0.2, 0.25) is 0 Å². The van der Waals surface area contributed by atoms with Crippen molar-refractivity contribution in [2.24, 2.45) is 0 Å². The third-order valence-corrected chi connectivity index (χ3v) is 7.26. The summed E-state index contributed by atoms with van der Waals surface area (Å²) in [6.45, 7) is 0. The van der Waals surface area contributed by atoms with Crippen LogP contribution in [0.15, 0.2) is 70.4 Å². The first-order valence-electron chi connectivity index (χ1n) is 9.13. The Kier molecular flexibility index (Phi) is 6.29. The van der Waals surface area contributed by atoms with E-state index in [9.17, 15) is 10.1 Å². The molecule has 0 spiro atoms. The molecule has 4 nitrogen and oxygen atoms in total. The van der Waals surface area contributed by atoms with E-state index in [1.54, 1.807) is 46.6 Å². The minimum Gasteiger partial charge on any atom is -0.478 e. The van der Waals surface area contributed by atoms with Crippen LogP contribution < -0.4 is 0 Å². The third-order valence-electron chi connectivity index (χ3n) is 4.49. The SMILES string of the molecule is N#Cc1c(-c2cccs2)cc(-c2cccs2)nc1SCCc1ccc(C(=O)O)cc1. The number of pyridine rings is 1. The van der Waals surface area contributed by atoms with E-state index >= 15 is 0 Å². The van der Waals surface area contributed by atoms with Crippen LogP contribution in [-0.4, -0.2) is 21.8 Å². The van der Waals surface area contributed by atoms with Crippen LogP contribution in [0, 0.1) is 11.3 Å². The van der Waals surface area contributed by atoms with E-state index in [4.69, 9.17) is 10.1 Å². The highest BCUT2D eigenvalue weighted by atomic mass is 32.2. The highest BCUT2D eigenvalue weighted by Crippen LogP contribution is 2.37. The van der Waals surface area contributed by atoms with Gasteiger partial charge >= 0.3 is 5.97 Å². The number of benzene rings is 1. The Hall–Kier alpha value is -2.92. The van der Waals surface area contributed by atoms with Crippen LogP contribution in [-0.2, 0) is 6.42 Å². The zero-order valence-electron chi connectivity index (χ0n) is 15.7. The summed E-state index contributed by atoms with van der Waals surface area (Å²) in [7, 11) is 0. The maximum Gasteiger partial charge on any atom is 0.335 e. The fourth-order valence-electron chi connectivity index (χ4n) is 2.99. The average molecular weight is 449 g/mol. The van der Waals surface area contributed by atoms with Crippen LogP contribution in [0.4, 0.5) is 0 Å². The van der Waals surface area contributed by atoms with E-state index in [1.807, 2.05) is 53.2 Å². The second-order valence-corrected chi connectivity index (χ2v) is 9.38. The van der Waals surface area contributed by atoms with Crippen LogP contribution in [0.5, 0.6) is 0 Å². The van der Waals surface area contributed by atoms with Gasteiger partial charge in [-0.05, 0) is 53.1 Å². The number of carboxylic acids is 1. The van der Waals surface area contributed by atoms with Crippen molar-refractivity contribution < 1.29 is 9.90 Å². The van der Waals surface area contributed by atoms with E-state index in [-0.39, 0.29) is 5.56 Å². The number of hydrogen-bond donors (Lipinski definition) is 1. The van der Waals surface area contributed by atoms with Crippen molar-refractivity contribution in [3.8, 4) is 27.1 Å². The number of aromatic carboxylic acids is 1. The van der Waals surface area contributed by atoms with Crippen molar-refractivity contribution in [3.63, 3.8) is 0 Å². The van der Waals surface area contributed by atoms with Gasteiger partial charge in [0, 0.05) is 16.2 Å². The van der Waals surface area contributed by atoms with Gasteiger partial charge in [0.1, 0.15) is 11.1 Å². The molecule has 30 heavy (non-hydrogen) atoms. The number of carboxylic acid groups (broad SMARTS) is 1. The first-order valence-corrected chi connectivity index (χ1v) is 11.9. The number of aromatic nitrogens is 1. The molecule has 0 saturated heterocycles. The Morgan fingerprint density at radius 3 is 2.37 bits per heavy atom. The Bertz CT molecular complexity index is 1190. The summed E-state index contributed by atoms with van der Waals surface area (Å²) >= 11 is 4.80. The van der Waals surface area contributed by atoms with Crippen molar-refractivity contribution in [2.45, 2.75) is 11.4 Å². The standard InChI is InChI=1S/C23H16N2O2S3/c24-14-18-17(20-3-1-10-28-20)13-19(21-4-2-11-29-21)25-22(18)30-12-9-15-5-7-16(8-6-15)23(26)27/h1-8,10-11,13H,9,12H2,(H,26,27). The Balaban J connectivity index is 1.61. The molecule has 0 bridgehead atoms. The molecule has 0 radical (unpaired) electrons. The van der Waals surface area contributed by atoms with Gasteiger partial charge in [-0.25, -0.2) is 9.78 Å². The van der Waals surface area contributed by atoms with E-state index in [1.165, 1.54) is 0 Å². The minimum absolute atomic E-state index is 0.282. The second-order valence-electron chi connectivity index (χ2n) is 6.40. The van der Waals surface area contributed by atoms with Crippen LogP contribution in [0.25, 0.3) is 21.0 Å². The lowest BCUT2D eigenvalue weighted by Gasteiger charge is -2.11. The Morgan fingerprint density at radius 1 is 1.07 bits per heavy atom. The molecular formula is C23H16N2O2S3. The first kappa shape index (κ1) is 20.4. The summed E-state index contributed by atoms with van der Waals surface area (Å²) in [5.74, 6) is -0.184. The predicted molar refractivity (Wildman–Crippen MR) is 123 cm³/mol. The predicted octanol–water partition coefficient (Wildman–Crippen LogP) is 6.44. The van der Waals surface area contributed by atoms with Gasteiger partial charge in [-0.15, -0.1) is 34.4 Å². The molecule has 0 saturated carbocycles. The van der Waals surface area contributed by atoms with Crippen molar-refractivity contribution in [3.05, 3.63) is 82.0 Å². The van der Waals surface area contributed by atoms with Gasteiger partial charge in [-0.1, -0.05) is 24.3 Å². The number of nitrogens with zero attached hydrogens (tertiary/aromatic N) is 2. The molecule has 0 unspecified atom stereocenters. The van der Waals surface area contributed by atoms with Gasteiger partial charge in [0.05, 0.1) is 21.7 Å². The molecule has 0 fully saturated rings.